The molecular weight excluding hydrogens is 244 g/mol. The van der Waals surface area contributed by atoms with Crippen LogP contribution in [0.2, 0.25) is 0 Å². The largest absolute Gasteiger partial charge is 0.330 e. The lowest BCUT2D eigenvalue weighted by Gasteiger charge is -2.51. The third-order valence-corrected chi connectivity index (χ3v) is 4.26. The Morgan fingerprint density at radius 3 is 1.80 bits per heavy atom. The van der Waals surface area contributed by atoms with Crippen LogP contribution in [0.4, 0.5) is 0 Å². The molecule has 20 heavy (non-hydrogen) atoms. The summed E-state index contributed by atoms with van der Waals surface area (Å²) in [6.07, 6.45) is 0. The van der Waals surface area contributed by atoms with E-state index in [-0.39, 0.29) is 5.41 Å². The van der Waals surface area contributed by atoms with Gasteiger partial charge in [-0.15, -0.1) is 0 Å². The zero-order valence-corrected chi connectivity index (χ0v) is 12.0. The lowest BCUT2D eigenvalue weighted by atomic mass is 9.79. The van der Waals surface area contributed by atoms with Crippen molar-refractivity contribution >= 4 is 0 Å². The van der Waals surface area contributed by atoms with Crippen LogP contribution in [0.5, 0.6) is 0 Å². The summed E-state index contributed by atoms with van der Waals surface area (Å²) in [4.78, 5) is 2.53. The molecule has 2 aromatic carbocycles. The molecule has 0 aliphatic carbocycles. The van der Waals surface area contributed by atoms with E-state index in [1.807, 2.05) is 0 Å². The summed E-state index contributed by atoms with van der Waals surface area (Å²) in [7, 11) is 0. The van der Waals surface area contributed by atoms with Crippen molar-refractivity contribution in [2.75, 3.05) is 19.6 Å². The molecule has 2 aromatic rings. The second-order valence-corrected chi connectivity index (χ2v) is 6.14. The SMILES string of the molecule is CC1(CN)CN(C(c2ccccc2)c2ccccc2)C1. The van der Waals surface area contributed by atoms with Crippen LogP contribution in [0, 0.1) is 5.41 Å². The van der Waals surface area contributed by atoms with Gasteiger partial charge in [0, 0.05) is 25.0 Å². The van der Waals surface area contributed by atoms with Gasteiger partial charge in [-0.2, -0.15) is 0 Å². The minimum absolute atomic E-state index is 0.280. The summed E-state index contributed by atoms with van der Waals surface area (Å²) >= 11 is 0. The number of likely N-dealkylation sites (tertiary alicyclic amines) is 1. The highest BCUT2D eigenvalue weighted by Gasteiger charge is 2.41. The van der Waals surface area contributed by atoms with Crippen LogP contribution in [0.3, 0.4) is 0 Å². The second kappa shape index (κ2) is 5.39. The summed E-state index contributed by atoms with van der Waals surface area (Å²) in [5.41, 5.74) is 8.88. The number of hydrogen-bond donors (Lipinski definition) is 1. The Kier molecular flexibility index (Phi) is 3.60. The standard InChI is InChI=1S/C18H22N2/c1-18(12-19)13-20(14-18)17(15-8-4-2-5-9-15)16-10-6-3-7-11-16/h2-11,17H,12-14,19H2,1H3. The molecule has 0 amide bonds. The fourth-order valence-corrected chi connectivity index (χ4v) is 3.13. The number of nitrogens with zero attached hydrogens (tertiary/aromatic N) is 1. The molecule has 1 aliphatic rings. The smallest absolute Gasteiger partial charge is 0.0602 e. The summed E-state index contributed by atoms with van der Waals surface area (Å²) in [6.45, 7) is 5.17. The van der Waals surface area contributed by atoms with Crippen molar-refractivity contribution < 1.29 is 0 Å². The first-order chi connectivity index (χ1) is 9.72. The average Bonchev–Trinajstić information content (AvgIpc) is 2.48. The van der Waals surface area contributed by atoms with Crippen LogP contribution in [0.25, 0.3) is 0 Å². The minimum Gasteiger partial charge on any atom is -0.330 e. The Morgan fingerprint density at radius 2 is 1.40 bits per heavy atom. The summed E-state index contributed by atoms with van der Waals surface area (Å²) in [6, 6.07) is 21.8. The zero-order valence-electron chi connectivity index (χ0n) is 12.0. The van der Waals surface area contributed by atoms with E-state index >= 15 is 0 Å². The molecule has 2 N–H and O–H groups in total. The molecule has 3 rings (SSSR count). The van der Waals surface area contributed by atoms with E-state index in [1.54, 1.807) is 0 Å². The molecule has 0 spiro atoms. The minimum atomic E-state index is 0.280. The maximum absolute atomic E-state index is 5.88. The van der Waals surface area contributed by atoms with E-state index in [9.17, 15) is 0 Å². The third-order valence-electron chi connectivity index (χ3n) is 4.26. The Labute approximate surface area is 121 Å². The van der Waals surface area contributed by atoms with Gasteiger partial charge in [-0.25, -0.2) is 0 Å². The van der Waals surface area contributed by atoms with Crippen molar-refractivity contribution in [1.29, 1.82) is 0 Å². The van der Waals surface area contributed by atoms with Gasteiger partial charge in [0.25, 0.3) is 0 Å². The van der Waals surface area contributed by atoms with Gasteiger partial charge in [0.1, 0.15) is 0 Å². The Balaban J connectivity index is 1.90. The van der Waals surface area contributed by atoms with Gasteiger partial charge in [-0.05, 0) is 11.1 Å². The Hall–Kier alpha value is -1.64. The Morgan fingerprint density at radius 1 is 0.950 bits per heavy atom. The fraction of sp³-hybridized carbons (Fsp3) is 0.333. The highest BCUT2D eigenvalue weighted by molar-refractivity contribution is 5.32. The predicted octanol–water partition coefficient (Wildman–Crippen LogP) is 3.06. The first-order valence-electron chi connectivity index (χ1n) is 7.26. The van der Waals surface area contributed by atoms with E-state index in [1.165, 1.54) is 11.1 Å². The number of hydrogen-bond acceptors (Lipinski definition) is 2. The van der Waals surface area contributed by atoms with Gasteiger partial charge < -0.3 is 5.73 Å². The third kappa shape index (κ3) is 2.49. The van der Waals surface area contributed by atoms with Crippen molar-refractivity contribution in [3.8, 4) is 0 Å². The average molecular weight is 266 g/mol. The molecule has 104 valence electrons. The Bertz CT molecular complexity index is 505. The van der Waals surface area contributed by atoms with Crippen LogP contribution in [-0.2, 0) is 0 Å². The van der Waals surface area contributed by atoms with Crippen LogP contribution in [0.15, 0.2) is 60.7 Å². The number of nitrogens with two attached hydrogens (primary N) is 1. The quantitative estimate of drug-likeness (QED) is 0.921. The van der Waals surface area contributed by atoms with E-state index < -0.39 is 0 Å². The van der Waals surface area contributed by atoms with Crippen molar-refractivity contribution in [3.63, 3.8) is 0 Å². The molecule has 0 radical (unpaired) electrons. The molecule has 1 saturated heterocycles. The summed E-state index contributed by atoms with van der Waals surface area (Å²) in [5.74, 6) is 0. The highest BCUT2D eigenvalue weighted by atomic mass is 15.2. The lowest BCUT2D eigenvalue weighted by Crippen LogP contribution is -2.59. The predicted molar refractivity (Wildman–Crippen MR) is 83.5 cm³/mol. The fourth-order valence-electron chi connectivity index (χ4n) is 3.13. The molecule has 0 atom stereocenters. The molecule has 0 bridgehead atoms. The van der Waals surface area contributed by atoms with Crippen LogP contribution in [0.1, 0.15) is 24.1 Å². The zero-order chi connectivity index (χ0) is 14.0. The molecule has 2 nitrogen and oxygen atoms in total. The van der Waals surface area contributed by atoms with Crippen LogP contribution in [-0.4, -0.2) is 24.5 Å². The first kappa shape index (κ1) is 13.3. The van der Waals surface area contributed by atoms with Crippen LogP contribution < -0.4 is 5.73 Å². The molecular formula is C18H22N2. The van der Waals surface area contributed by atoms with Crippen molar-refractivity contribution in [1.82, 2.24) is 4.90 Å². The van der Waals surface area contributed by atoms with Gasteiger partial charge in [-0.3, -0.25) is 4.90 Å². The normalized spacial score (nSPS) is 17.9. The molecule has 2 heteroatoms. The maximum atomic E-state index is 5.88. The van der Waals surface area contributed by atoms with Gasteiger partial charge in [-0.1, -0.05) is 67.6 Å². The topological polar surface area (TPSA) is 29.3 Å². The molecule has 0 unspecified atom stereocenters. The molecule has 1 aliphatic heterocycles. The van der Waals surface area contributed by atoms with E-state index in [0.717, 1.165) is 19.6 Å². The van der Waals surface area contributed by atoms with Crippen molar-refractivity contribution in [2.24, 2.45) is 11.1 Å². The maximum Gasteiger partial charge on any atom is 0.0602 e. The second-order valence-electron chi connectivity index (χ2n) is 6.14. The first-order valence-corrected chi connectivity index (χ1v) is 7.26. The molecule has 0 aromatic heterocycles. The van der Waals surface area contributed by atoms with Crippen molar-refractivity contribution in [2.45, 2.75) is 13.0 Å². The van der Waals surface area contributed by atoms with Crippen molar-refractivity contribution in [3.05, 3.63) is 71.8 Å². The highest BCUT2D eigenvalue weighted by Crippen LogP contribution is 2.39. The molecule has 1 heterocycles. The lowest BCUT2D eigenvalue weighted by molar-refractivity contribution is -0.00125. The monoisotopic (exact) mass is 266 g/mol. The molecule has 1 fully saturated rings. The van der Waals surface area contributed by atoms with Gasteiger partial charge in [0.2, 0.25) is 0 Å². The number of benzene rings is 2. The van der Waals surface area contributed by atoms with E-state index in [4.69, 9.17) is 5.73 Å². The van der Waals surface area contributed by atoms with Gasteiger partial charge in [0.15, 0.2) is 0 Å². The summed E-state index contributed by atoms with van der Waals surface area (Å²) < 4.78 is 0. The van der Waals surface area contributed by atoms with Gasteiger partial charge in [0.05, 0.1) is 6.04 Å². The number of rotatable bonds is 4. The summed E-state index contributed by atoms with van der Waals surface area (Å²) in [5, 5.41) is 0. The van der Waals surface area contributed by atoms with Gasteiger partial charge >= 0.3 is 0 Å². The molecule has 0 saturated carbocycles. The van der Waals surface area contributed by atoms with Crippen LogP contribution >= 0.6 is 0 Å². The van der Waals surface area contributed by atoms with E-state index in [0.29, 0.717) is 6.04 Å². The van der Waals surface area contributed by atoms with E-state index in [2.05, 4.69) is 72.5 Å².